The van der Waals surface area contributed by atoms with Crippen molar-refractivity contribution in [1.82, 2.24) is 15.4 Å². The summed E-state index contributed by atoms with van der Waals surface area (Å²) >= 11 is 0. The zero-order chi connectivity index (χ0) is 16.3. The predicted molar refractivity (Wildman–Crippen MR) is 89.5 cm³/mol. The minimum absolute atomic E-state index is 0.0544. The van der Waals surface area contributed by atoms with E-state index in [4.69, 9.17) is 4.74 Å². The molecule has 1 N–H and O–H groups in total. The Labute approximate surface area is 133 Å². The molecule has 1 atom stereocenters. The summed E-state index contributed by atoms with van der Waals surface area (Å²) in [5.74, 6) is 1.37. The van der Waals surface area contributed by atoms with E-state index < -0.39 is 0 Å². The lowest BCUT2D eigenvalue weighted by Gasteiger charge is -2.27. The standard InChI is InChI=1S/C18H27N3O/c1-7-22-17-15(13(3)10-14-11-19-21-20-14)8-12(2)9-16(17)18(4,5)6/h8-9,11,13H,7,10H2,1-6H3,(H,19,20,21). The molecule has 0 radical (unpaired) electrons. The maximum atomic E-state index is 6.05. The summed E-state index contributed by atoms with van der Waals surface area (Å²) < 4.78 is 6.05. The Morgan fingerprint density at radius 2 is 2.00 bits per heavy atom. The summed E-state index contributed by atoms with van der Waals surface area (Å²) in [6, 6.07) is 4.49. The molecule has 0 spiro atoms. The Bertz CT molecular complexity index is 612. The van der Waals surface area contributed by atoms with Crippen LogP contribution < -0.4 is 4.74 Å². The highest BCUT2D eigenvalue weighted by Gasteiger charge is 2.24. The normalized spacial score (nSPS) is 13.2. The number of hydrogen-bond donors (Lipinski definition) is 1. The molecule has 4 nitrogen and oxygen atoms in total. The Balaban J connectivity index is 2.46. The second kappa shape index (κ2) is 6.51. The van der Waals surface area contributed by atoms with Crippen molar-refractivity contribution >= 4 is 0 Å². The molecule has 1 aromatic heterocycles. The number of H-pyrrole nitrogens is 1. The van der Waals surface area contributed by atoms with E-state index in [1.807, 2.05) is 6.92 Å². The van der Waals surface area contributed by atoms with Crippen LogP contribution >= 0.6 is 0 Å². The molecular weight excluding hydrogens is 274 g/mol. The number of ether oxygens (including phenoxy) is 1. The molecule has 22 heavy (non-hydrogen) atoms. The summed E-state index contributed by atoms with van der Waals surface area (Å²) in [5.41, 5.74) is 4.84. The van der Waals surface area contributed by atoms with E-state index in [0.29, 0.717) is 12.5 Å². The second-order valence-corrected chi connectivity index (χ2v) is 6.98. The Morgan fingerprint density at radius 1 is 1.27 bits per heavy atom. The molecule has 0 bridgehead atoms. The number of hydrogen-bond acceptors (Lipinski definition) is 3. The fraction of sp³-hybridized carbons (Fsp3) is 0.556. The maximum Gasteiger partial charge on any atom is 0.126 e. The number of nitrogens with one attached hydrogen (secondary N) is 1. The van der Waals surface area contributed by atoms with E-state index in [-0.39, 0.29) is 5.41 Å². The zero-order valence-electron chi connectivity index (χ0n) is 14.5. The van der Waals surface area contributed by atoms with Gasteiger partial charge in [-0.25, -0.2) is 0 Å². The Hall–Kier alpha value is -1.84. The van der Waals surface area contributed by atoms with Crippen LogP contribution in [0.25, 0.3) is 0 Å². The Morgan fingerprint density at radius 3 is 2.55 bits per heavy atom. The molecule has 0 amide bonds. The van der Waals surface area contributed by atoms with Gasteiger partial charge in [0.2, 0.25) is 0 Å². The molecule has 0 aliphatic rings. The molecule has 0 saturated carbocycles. The first-order valence-electron chi connectivity index (χ1n) is 7.95. The molecule has 1 aromatic carbocycles. The minimum atomic E-state index is 0.0544. The van der Waals surface area contributed by atoms with Crippen molar-refractivity contribution in [2.45, 2.75) is 59.3 Å². The topological polar surface area (TPSA) is 50.8 Å². The van der Waals surface area contributed by atoms with Gasteiger partial charge in [0, 0.05) is 5.56 Å². The predicted octanol–water partition coefficient (Wildman–Crippen LogP) is 4.16. The summed E-state index contributed by atoms with van der Waals surface area (Å²) in [6.45, 7) is 13.8. The van der Waals surface area contributed by atoms with E-state index in [1.165, 1.54) is 16.7 Å². The van der Waals surface area contributed by atoms with Crippen molar-refractivity contribution in [1.29, 1.82) is 0 Å². The number of aromatic nitrogens is 3. The van der Waals surface area contributed by atoms with Gasteiger partial charge in [-0.1, -0.05) is 45.4 Å². The Kier molecular flexibility index (Phi) is 4.89. The second-order valence-electron chi connectivity index (χ2n) is 6.98. The van der Waals surface area contributed by atoms with E-state index in [0.717, 1.165) is 17.9 Å². The van der Waals surface area contributed by atoms with E-state index in [9.17, 15) is 0 Å². The smallest absolute Gasteiger partial charge is 0.126 e. The van der Waals surface area contributed by atoms with Crippen LogP contribution in [-0.2, 0) is 11.8 Å². The van der Waals surface area contributed by atoms with Crippen LogP contribution in [0, 0.1) is 6.92 Å². The molecule has 1 unspecified atom stereocenters. The monoisotopic (exact) mass is 301 g/mol. The number of nitrogens with zero attached hydrogens (tertiary/aromatic N) is 2. The third kappa shape index (κ3) is 3.67. The first-order valence-corrected chi connectivity index (χ1v) is 7.95. The van der Waals surface area contributed by atoms with Crippen LogP contribution in [0.4, 0.5) is 0 Å². The van der Waals surface area contributed by atoms with Gasteiger partial charge in [-0.15, -0.1) is 0 Å². The third-order valence-corrected chi connectivity index (χ3v) is 3.87. The largest absolute Gasteiger partial charge is 0.493 e. The lowest BCUT2D eigenvalue weighted by Crippen LogP contribution is -2.16. The number of benzene rings is 1. The number of aryl methyl sites for hydroxylation is 1. The van der Waals surface area contributed by atoms with Gasteiger partial charge in [0.05, 0.1) is 18.5 Å². The SMILES string of the molecule is CCOc1c(C(C)Cc2cn[nH]n2)cc(C)cc1C(C)(C)C. The molecule has 0 aliphatic heterocycles. The lowest BCUT2D eigenvalue weighted by atomic mass is 9.81. The van der Waals surface area contributed by atoms with Crippen molar-refractivity contribution in [3.8, 4) is 5.75 Å². The average molecular weight is 301 g/mol. The summed E-state index contributed by atoms with van der Waals surface area (Å²) in [5, 5.41) is 10.8. The highest BCUT2D eigenvalue weighted by atomic mass is 16.5. The zero-order valence-corrected chi connectivity index (χ0v) is 14.5. The fourth-order valence-electron chi connectivity index (χ4n) is 2.78. The third-order valence-electron chi connectivity index (χ3n) is 3.87. The van der Waals surface area contributed by atoms with Crippen LogP contribution in [0.2, 0.25) is 0 Å². The first kappa shape index (κ1) is 16.5. The van der Waals surface area contributed by atoms with Crippen LogP contribution in [0.1, 0.15) is 62.9 Å². The summed E-state index contributed by atoms with van der Waals surface area (Å²) in [6.07, 6.45) is 2.64. The quantitative estimate of drug-likeness (QED) is 0.902. The van der Waals surface area contributed by atoms with Gasteiger partial charge < -0.3 is 4.74 Å². The van der Waals surface area contributed by atoms with Crippen LogP contribution in [-0.4, -0.2) is 22.0 Å². The van der Waals surface area contributed by atoms with Gasteiger partial charge in [0.1, 0.15) is 5.75 Å². The fourth-order valence-corrected chi connectivity index (χ4v) is 2.78. The van der Waals surface area contributed by atoms with Gasteiger partial charge in [-0.2, -0.15) is 15.4 Å². The van der Waals surface area contributed by atoms with Crippen LogP contribution in [0.3, 0.4) is 0 Å². The highest BCUT2D eigenvalue weighted by molar-refractivity contribution is 5.49. The molecule has 2 aromatic rings. The lowest BCUT2D eigenvalue weighted by molar-refractivity contribution is 0.324. The number of rotatable bonds is 5. The van der Waals surface area contributed by atoms with E-state index in [2.05, 4.69) is 62.2 Å². The average Bonchev–Trinajstić information content (AvgIpc) is 2.92. The van der Waals surface area contributed by atoms with Gasteiger partial charge in [0.15, 0.2) is 0 Å². The molecule has 120 valence electrons. The van der Waals surface area contributed by atoms with E-state index in [1.54, 1.807) is 6.20 Å². The van der Waals surface area contributed by atoms with Crippen molar-refractivity contribution in [2.75, 3.05) is 6.61 Å². The summed E-state index contributed by atoms with van der Waals surface area (Å²) in [7, 11) is 0. The van der Waals surface area contributed by atoms with Crippen molar-refractivity contribution in [3.63, 3.8) is 0 Å². The molecule has 0 fully saturated rings. The molecule has 1 heterocycles. The van der Waals surface area contributed by atoms with Crippen molar-refractivity contribution in [3.05, 3.63) is 40.7 Å². The van der Waals surface area contributed by atoms with Crippen LogP contribution in [0.5, 0.6) is 5.75 Å². The molecule has 0 aliphatic carbocycles. The maximum absolute atomic E-state index is 6.05. The highest BCUT2D eigenvalue weighted by Crippen LogP contribution is 2.39. The first-order chi connectivity index (χ1) is 10.3. The van der Waals surface area contributed by atoms with Gasteiger partial charge >= 0.3 is 0 Å². The molecule has 0 saturated heterocycles. The molecular formula is C18H27N3O. The van der Waals surface area contributed by atoms with Gasteiger partial charge in [-0.3, -0.25) is 0 Å². The molecule has 2 rings (SSSR count). The molecule has 4 heteroatoms. The van der Waals surface area contributed by atoms with Crippen molar-refractivity contribution < 1.29 is 4.74 Å². The van der Waals surface area contributed by atoms with E-state index >= 15 is 0 Å². The summed E-state index contributed by atoms with van der Waals surface area (Å²) in [4.78, 5) is 0. The number of aromatic amines is 1. The van der Waals surface area contributed by atoms with Gasteiger partial charge in [0.25, 0.3) is 0 Å². The van der Waals surface area contributed by atoms with Crippen LogP contribution in [0.15, 0.2) is 18.3 Å². The van der Waals surface area contributed by atoms with Gasteiger partial charge in [-0.05, 0) is 37.2 Å². The van der Waals surface area contributed by atoms with Crippen molar-refractivity contribution in [2.24, 2.45) is 0 Å². The minimum Gasteiger partial charge on any atom is -0.493 e.